The van der Waals surface area contributed by atoms with Crippen molar-refractivity contribution in [1.82, 2.24) is 9.80 Å². The van der Waals surface area contributed by atoms with E-state index < -0.39 is 5.89 Å². The fourth-order valence-corrected chi connectivity index (χ4v) is 3.72. The first-order valence-corrected chi connectivity index (χ1v) is 9.86. The molecule has 0 bridgehead atoms. The molecule has 3 nitrogen and oxygen atoms in total. The van der Waals surface area contributed by atoms with Crippen LogP contribution in [0.5, 0.6) is 0 Å². The third-order valence-electron chi connectivity index (χ3n) is 5.98. The lowest BCUT2D eigenvalue weighted by atomic mass is 9.86. The Labute approximate surface area is 146 Å². The number of rotatable bonds is 7. The molecule has 2 rings (SSSR count). The summed E-state index contributed by atoms with van der Waals surface area (Å²) in [6.07, 6.45) is 5.36. The van der Waals surface area contributed by atoms with Gasteiger partial charge in [-0.3, -0.25) is 4.90 Å². The average Bonchev–Trinajstić information content (AvgIpc) is 2.54. The number of ether oxygens (including phenoxy) is 1. The van der Waals surface area contributed by atoms with E-state index in [1.807, 2.05) is 6.92 Å². The van der Waals surface area contributed by atoms with Crippen molar-refractivity contribution in [2.75, 3.05) is 39.3 Å². The smallest absolute Gasteiger partial charge is 0.0575 e. The van der Waals surface area contributed by atoms with E-state index in [2.05, 4.69) is 37.5 Å². The van der Waals surface area contributed by atoms with Crippen LogP contribution < -0.4 is 0 Å². The number of hydrogen-bond acceptors (Lipinski definition) is 3. The van der Waals surface area contributed by atoms with E-state index in [-0.39, 0.29) is 0 Å². The number of nitrogens with zero attached hydrogens (tertiary/aromatic N) is 2. The highest BCUT2D eigenvalue weighted by Gasteiger charge is 2.26. The van der Waals surface area contributed by atoms with Gasteiger partial charge in [-0.2, -0.15) is 0 Å². The second kappa shape index (κ2) is 9.39. The van der Waals surface area contributed by atoms with Gasteiger partial charge in [-0.1, -0.05) is 20.8 Å². The maximum atomic E-state index is 8.32. The van der Waals surface area contributed by atoms with Crippen LogP contribution in [0, 0.1) is 17.7 Å². The summed E-state index contributed by atoms with van der Waals surface area (Å²) < 4.78 is 14.4. The van der Waals surface area contributed by atoms with Crippen LogP contribution in [0.3, 0.4) is 0 Å². The number of piperazine rings is 1. The van der Waals surface area contributed by atoms with Crippen molar-refractivity contribution in [2.45, 2.75) is 72.4 Å². The first-order chi connectivity index (χ1) is 11.3. The lowest BCUT2D eigenvalue weighted by Crippen LogP contribution is -2.50. The molecule has 2 fully saturated rings. The molecule has 3 heteroatoms. The molecule has 0 spiro atoms. The summed E-state index contributed by atoms with van der Waals surface area (Å²) in [4.78, 5) is 5.26. The highest BCUT2D eigenvalue weighted by atomic mass is 16.5. The zero-order valence-corrected chi connectivity index (χ0v) is 16.2. The molecule has 1 aliphatic heterocycles. The molecule has 1 aliphatic carbocycles. The summed E-state index contributed by atoms with van der Waals surface area (Å²) in [6.45, 7) is 17.6. The Morgan fingerprint density at radius 3 is 2.09 bits per heavy atom. The van der Waals surface area contributed by atoms with Gasteiger partial charge in [0.2, 0.25) is 0 Å². The largest absolute Gasteiger partial charge is 0.378 e. The minimum absolute atomic E-state index is 0.346. The molecule has 0 amide bonds. The van der Waals surface area contributed by atoms with Crippen molar-refractivity contribution in [3.05, 3.63) is 0 Å². The van der Waals surface area contributed by atoms with E-state index in [1.54, 1.807) is 0 Å². The molecule has 0 unspecified atom stereocenters. The molecule has 23 heavy (non-hydrogen) atoms. The van der Waals surface area contributed by atoms with Crippen LogP contribution in [-0.2, 0) is 4.74 Å². The van der Waals surface area contributed by atoms with Gasteiger partial charge in [0.05, 0.1) is 6.10 Å². The summed E-state index contributed by atoms with van der Waals surface area (Å²) in [5.74, 6) is 0.744. The highest BCUT2D eigenvalue weighted by molar-refractivity contribution is 4.79. The standard InChI is InChI=1S/C20H40N2O/c1-16(2)18(5)15-23-20-8-6-19(7-9-20)14-21-10-12-22(13-11-21)17(3)4/h16-20H,6-15H2,1-5H3/t18-,19?,20?/m1/s1/i18D. The molecular weight excluding hydrogens is 284 g/mol. The third-order valence-corrected chi connectivity index (χ3v) is 5.98. The molecule has 1 saturated carbocycles. The molecule has 1 atom stereocenters. The van der Waals surface area contributed by atoms with Crippen molar-refractivity contribution in [1.29, 1.82) is 0 Å². The maximum absolute atomic E-state index is 8.32. The van der Waals surface area contributed by atoms with E-state index in [0.717, 1.165) is 5.92 Å². The van der Waals surface area contributed by atoms with E-state index >= 15 is 0 Å². The van der Waals surface area contributed by atoms with Crippen molar-refractivity contribution in [2.24, 2.45) is 17.7 Å². The SMILES string of the molecule is [2H][C@@](C)(COC1CCC(CN2CCN(C(C)C)CC2)CC1)C(C)C. The summed E-state index contributed by atoms with van der Waals surface area (Å²) in [6, 6.07) is 0.688. The van der Waals surface area contributed by atoms with Crippen LogP contribution >= 0.6 is 0 Å². The van der Waals surface area contributed by atoms with Gasteiger partial charge in [0, 0.05) is 46.7 Å². The molecule has 0 N–H and O–H groups in total. The van der Waals surface area contributed by atoms with Crippen LogP contribution in [0.15, 0.2) is 0 Å². The first-order valence-electron chi connectivity index (χ1n) is 10.4. The minimum Gasteiger partial charge on any atom is -0.378 e. The van der Waals surface area contributed by atoms with Gasteiger partial charge in [-0.15, -0.1) is 0 Å². The Bertz CT molecular complexity index is 357. The summed E-state index contributed by atoms with van der Waals surface area (Å²) in [5, 5.41) is 0. The zero-order valence-electron chi connectivity index (χ0n) is 17.2. The second-order valence-electron chi connectivity index (χ2n) is 8.39. The van der Waals surface area contributed by atoms with Crippen LogP contribution in [0.4, 0.5) is 0 Å². The van der Waals surface area contributed by atoms with E-state index in [4.69, 9.17) is 6.11 Å². The summed E-state index contributed by atoms with van der Waals surface area (Å²) >= 11 is 0. The van der Waals surface area contributed by atoms with Crippen molar-refractivity contribution >= 4 is 0 Å². The van der Waals surface area contributed by atoms with Gasteiger partial charge >= 0.3 is 0 Å². The van der Waals surface area contributed by atoms with Crippen LogP contribution in [-0.4, -0.2) is 61.3 Å². The molecule has 0 aromatic heterocycles. The Morgan fingerprint density at radius 1 is 0.957 bits per heavy atom. The molecule has 0 aromatic rings. The predicted molar refractivity (Wildman–Crippen MR) is 98.8 cm³/mol. The average molecular weight is 326 g/mol. The molecule has 1 saturated heterocycles. The molecule has 0 aromatic carbocycles. The quantitative estimate of drug-likeness (QED) is 0.706. The van der Waals surface area contributed by atoms with Gasteiger partial charge in [-0.25, -0.2) is 0 Å². The van der Waals surface area contributed by atoms with E-state index in [9.17, 15) is 0 Å². The van der Waals surface area contributed by atoms with Crippen molar-refractivity contribution in [3.8, 4) is 0 Å². The monoisotopic (exact) mass is 325 g/mol. The topological polar surface area (TPSA) is 15.7 Å². The van der Waals surface area contributed by atoms with Crippen LogP contribution in [0.25, 0.3) is 0 Å². The third kappa shape index (κ3) is 6.36. The van der Waals surface area contributed by atoms with Gasteiger partial charge in [0.25, 0.3) is 0 Å². The van der Waals surface area contributed by atoms with E-state index in [0.29, 0.717) is 24.7 Å². The van der Waals surface area contributed by atoms with Crippen molar-refractivity contribution in [3.63, 3.8) is 0 Å². The number of hydrogen-bond donors (Lipinski definition) is 0. The Morgan fingerprint density at radius 2 is 1.57 bits per heavy atom. The molecule has 1 heterocycles. The minimum atomic E-state index is -0.451. The lowest BCUT2D eigenvalue weighted by Gasteiger charge is -2.39. The first kappa shape index (κ1) is 17.7. The van der Waals surface area contributed by atoms with E-state index in [1.165, 1.54) is 58.4 Å². The Kier molecular flexibility index (Phi) is 7.22. The molecule has 2 aliphatic rings. The second-order valence-corrected chi connectivity index (χ2v) is 8.39. The molecule has 0 radical (unpaired) electrons. The highest BCUT2D eigenvalue weighted by Crippen LogP contribution is 2.28. The van der Waals surface area contributed by atoms with Crippen LogP contribution in [0.1, 0.15) is 61.7 Å². The molecule has 136 valence electrons. The Balaban J connectivity index is 1.63. The fourth-order valence-electron chi connectivity index (χ4n) is 3.72. The normalized spacial score (nSPS) is 31.3. The summed E-state index contributed by atoms with van der Waals surface area (Å²) in [5.41, 5.74) is 0. The lowest BCUT2D eigenvalue weighted by molar-refractivity contribution is -0.00982. The predicted octanol–water partition coefficient (Wildman–Crippen LogP) is 3.88. The Hall–Kier alpha value is -0.120. The zero-order chi connectivity index (χ0) is 17.7. The van der Waals surface area contributed by atoms with Gasteiger partial charge in [0.1, 0.15) is 0 Å². The summed E-state index contributed by atoms with van der Waals surface area (Å²) in [7, 11) is 0. The van der Waals surface area contributed by atoms with Gasteiger partial charge in [-0.05, 0) is 57.3 Å². The maximum Gasteiger partial charge on any atom is 0.0575 e. The van der Waals surface area contributed by atoms with Crippen LogP contribution in [0.2, 0.25) is 0 Å². The molecular formula is C20H40N2O. The van der Waals surface area contributed by atoms with Gasteiger partial charge in [0.15, 0.2) is 0 Å². The van der Waals surface area contributed by atoms with Gasteiger partial charge < -0.3 is 9.64 Å². The fraction of sp³-hybridized carbons (Fsp3) is 1.00. The van der Waals surface area contributed by atoms with Crippen molar-refractivity contribution < 1.29 is 6.11 Å².